The van der Waals surface area contributed by atoms with Crippen molar-refractivity contribution in [2.45, 2.75) is 13.5 Å². The van der Waals surface area contributed by atoms with E-state index >= 15 is 0 Å². The molecule has 5 nitrogen and oxygen atoms in total. The summed E-state index contributed by atoms with van der Waals surface area (Å²) in [5.74, 6) is 1.72. The van der Waals surface area contributed by atoms with Gasteiger partial charge in [-0.2, -0.15) is 0 Å². The molecule has 0 aliphatic heterocycles. The molecule has 0 fully saturated rings. The van der Waals surface area contributed by atoms with Gasteiger partial charge in [-0.15, -0.1) is 35.3 Å². The van der Waals surface area contributed by atoms with Crippen LogP contribution in [0.3, 0.4) is 0 Å². The Balaban J connectivity index is 0.00000264. The van der Waals surface area contributed by atoms with Crippen molar-refractivity contribution in [2.24, 2.45) is 4.99 Å². The SMILES string of the molecule is CN=C(NCCOc1ccccc1)N(C)Cc1csc(C)n1.I. The number of nitrogens with one attached hydrogen (secondary N) is 1. The Morgan fingerprint density at radius 1 is 1.35 bits per heavy atom. The van der Waals surface area contributed by atoms with Crippen molar-refractivity contribution >= 4 is 41.3 Å². The molecule has 1 aromatic heterocycles. The number of guanidine groups is 1. The Morgan fingerprint density at radius 2 is 2.09 bits per heavy atom. The third kappa shape index (κ3) is 6.74. The normalized spacial score (nSPS) is 10.8. The van der Waals surface area contributed by atoms with Crippen LogP contribution in [0.15, 0.2) is 40.7 Å². The van der Waals surface area contributed by atoms with E-state index in [9.17, 15) is 0 Å². The molecule has 7 heteroatoms. The predicted octanol–water partition coefficient (Wildman–Crippen LogP) is 3.16. The minimum Gasteiger partial charge on any atom is -0.492 e. The molecule has 0 spiro atoms. The van der Waals surface area contributed by atoms with Crippen molar-refractivity contribution in [3.8, 4) is 5.75 Å². The van der Waals surface area contributed by atoms with Gasteiger partial charge < -0.3 is 15.0 Å². The second-order valence-electron chi connectivity index (χ2n) is 4.85. The summed E-state index contributed by atoms with van der Waals surface area (Å²) < 4.78 is 5.66. The van der Waals surface area contributed by atoms with E-state index < -0.39 is 0 Å². The molecule has 2 rings (SSSR count). The third-order valence-electron chi connectivity index (χ3n) is 3.04. The Labute approximate surface area is 158 Å². The van der Waals surface area contributed by atoms with Crippen LogP contribution in [0.25, 0.3) is 0 Å². The fourth-order valence-corrected chi connectivity index (χ4v) is 2.64. The number of hydrogen-bond donors (Lipinski definition) is 1. The van der Waals surface area contributed by atoms with Gasteiger partial charge in [-0.25, -0.2) is 4.98 Å². The fraction of sp³-hybridized carbons (Fsp3) is 0.375. The van der Waals surface area contributed by atoms with Crippen molar-refractivity contribution in [1.82, 2.24) is 15.2 Å². The molecule has 2 aromatic rings. The molecule has 0 bridgehead atoms. The molecule has 0 aliphatic rings. The van der Waals surface area contributed by atoms with E-state index in [1.54, 1.807) is 18.4 Å². The van der Waals surface area contributed by atoms with E-state index in [1.807, 2.05) is 44.3 Å². The van der Waals surface area contributed by atoms with Gasteiger partial charge in [0.2, 0.25) is 0 Å². The topological polar surface area (TPSA) is 49.8 Å². The van der Waals surface area contributed by atoms with E-state index in [4.69, 9.17) is 4.74 Å². The number of nitrogens with zero attached hydrogens (tertiary/aromatic N) is 3. The quantitative estimate of drug-likeness (QED) is 0.321. The molecule has 0 saturated carbocycles. The second kappa shape index (κ2) is 10.4. The van der Waals surface area contributed by atoms with Crippen molar-refractivity contribution in [1.29, 1.82) is 0 Å². The van der Waals surface area contributed by atoms with Crippen LogP contribution >= 0.6 is 35.3 Å². The average Bonchev–Trinajstić information content (AvgIpc) is 2.93. The highest BCUT2D eigenvalue weighted by Crippen LogP contribution is 2.10. The van der Waals surface area contributed by atoms with E-state index in [-0.39, 0.29) is 24.0 Å². The third-order valence-corrected chi connectivity index (χ3v) is 3.86. The van der Waals surface area contributed by atoms with Crippen LogP contribution in [-0.2, 0) is 6.54 Å². The number of aliphatic imine (C=N–C) groups is 1. The maximum atomic E-state index is 5.66. The molecule has 0 amide bonds. The van der Waals surface area contributed by atoms with Gasteiger partial charge in [-0.05, 0) is 19.1 Å². The Hall–Kier alpha value is -1.35. The van der Waals surface area contributed by atoms with E-state index in [0.717, 1.165) is 29.0 Å². The van der Waals surface area contributed by atoms with Gasteiger partial charge in [-0.3, -0.25) is 4.99 Å². The van der Waals surface area contributed by atoms with Gasteiger partial charge in [0.15, 0.2) is 5.96 Å². The number of benzene rings is 1. The molecule has 0 unspecified atom stereocenters. The van der Waals surface area contributed by atoms with Crippen molar-refractivity contribution in [3.05, 3.63) is 46.4 Å². The summed E-state index contributed by atoms with van der Waals surface area (Å²) in [6.45, 7) is 4.04. The lowest BCUT2D eigenvalue weighted by Gasteiger charge is -2.21. The molecule has 0 atom stereocenters. The zero-order valence-electron chi connectivity index (χ0n) is 13.7. The maximum absolute atomic E-state index is 5.66. The van der Waals surface area contributed by atoms with Gasteiger partial charge in [0.05, 0.1) is 23.8 Å². The second-order valence-corrected chi connectivity index (χ2v) is 5.91. The maximum Gasteiger partial charge on any atom is 0.193 e. The van der Waals surface area contributed by atoms with Gasteiger partial charge in [0, 0.05) is 19.5 Å². The number of halogens is 1. The molecule has 1 aromatic carbocycles. The van der Waals surface area contributed by atoms with Crippen LogP contribution in [0.4, 0.5) is 0 Å². The molecule has 0 saturated heterocycles. The molecular weight excluding hydrogens is 423 g/mol. The molecule has 0 aliphatic carbocycles. The first-order valence-electron chi connectivity index (χ1n) is 7.19. The average molecular weight is 446 g/mol. The Bertz CT molecular complexity index is 603. The number of thiazole rings is 1. The van der Waals surface area contributed by atoms with Gasteiger partial charge >= 0.3 is 0 Å². The van der Waals surface area contributed by atoms with Crippen molar-refractivity contribution < 1.29 is 4.74 Å². The molecule has 0 radical (unpaired) electrons. The molecule has 23 heavy (non-hydrogen) atoms. The van der Waals surface area contributed by atoms with Crippen LogP contribution in [0.2, 0.25) is 0 Å². The fourth-order valence-electron chi connectivity index (χ4n) is 2.03. The highest BCUT2D eigenvalue weighted by atomic mass is 127. The van der Waals surface area contributed by atoms with Crippen molar-refractivity contribution in [3.63, 3.8) is 0 Å². The summed E-state index contributed by atoms with van der Waals surface area (Å²) in [4.78, 5) is 10.8. The smallest absolute Gasteiger partial charge is 0.193 e. The number of ether oxygens (including phenoxy) is 1. The summed E-state index contributed by atoms with van der Waals surface area (Å²) in [6.07, 6.45) is 0. The van der Waals surface area contributed by atoms with Crippen LogP contribution in [0.1, 0.15) is 10.7 Å². The summed E-state index contributed by atoms with van der Waals surface area (Å²) >= 11 is 1.67. The zero-order valence-corrected chi connectivity index (χ0v) is 16.8. The summed E-state index contributed by atoms with van der Waals surface area (Å²) in [5.41, 5.74) is 1.06. The lowest BCUT2D eigenvalue weighted by Crippen LogP contribution is -2.40. The Kier molecular flexibility index (Phi) is 8.93. The molecular formula is C16H23IN4OS. The first-order chi connectivity index (χ1) is 10.7. The number of rotatable bonds is 6. The monoisotopic (exact) mass is 446 g/mol. The van der Waals surface area contributed by atoms with Crippen molar-refractivity contribution in [2.75, 3.05) is 27.2 Å². The van der Waals surface area contributed by atoms with Crippen LogP contribution < -0.4 is 10.1 Å². The van der Waals surface area contributed by atoms with Gasteiger partial charge in [0.25, 0.3) is 0 Å². The molecule has 1 N–H and O–H groups in total. The highest BCUT2D eigenvalue weighted by Gasteiger charge is 2.08. The van der Waals surface area contributed by atoms with E-state index in [2.05, 4.69) is 25.6 Å². The largest absolute Gasteiger partial charge is 0.492 e. The standard InChI is InChI=1S/C16H22N4OS.HI/c1-13-19-14(12-22-13)11-20(3)16(17-2)18-9-10-21-15-7-5-4-6-8-15;/h4-8,12H,9-11H2,1-3H3,(H,17,18);1H. The summed E-state index contributed by atoms with van der Waals surface area (Å²) in [5, 5.41) is 6.46. The van der Waals surface area contributed by atoms with E-state index in [0.29, 0.717) is 13.2 Å². The predicted molar refractivity (Wildman–Crippen MR) is 107 cm³/mol. The molecule has 1 heterocycles. The minimum absolute atomic E-state index is 0. The zero-order chi connectivity index (χ0) is 15.8. The number of aromatic nitrogens is 1. The number of aryl methyl sites for hydroxylation is 1. The summed E-state index contributed by atoms with van der Waals surface area (Å²) in [7, 11) is 3.78. The van der Waals surface area contributed by atoms with Crippen LogP contribution in [-0.4, -0.2) is 43.1 Å². The van der Waals surface area contributed by atoms with Crippen LogP contribution in [0.5, 0.6) is 5.75 Å². The van der Waals surface area contributed by atoms with Gasteiger partial charge in [0.1, 0.15) is 12.4 Å². The van der Waals surface area contributed by atoms with Crippen LogP contribution in [0, 0.1) is 6.92 Å². The first-order valence-corrected chi connectivity index (χ1v) is 8.07. The number of hydrogen-bond acceptors (Lipinski definition) is 4. The lowest BCUT2D eigenvalue weighted by molar-refractivity contribution is 0.319. The van der Waals surface area contributed by atoms with Gasteiger partial charge in [-0.1, -0.05) is 18.2 Å². The van der Waals surface area contributed by atoms with E-state index in [1.165, 1.54) is 0 Å². The summed E-state index contributed by atoms with van der Waals surface area (Å²) in [6, 6.07) is 9.80. The molecule has 126 valence electrons. The lowest BCUT2D eigenvalue weighted by atomic mass is 10.3. The first kappa shape index (κ1) is 19.7. The minimum atomic E-state index is 0. The Morgan fingerprint density at radius 3 is 2.70 bits per heavy atom. The number of para-hydroxylation sites is 1. The highest BCUT2D eigenvalue weighted by molar-refractivity contribution is 14.0.